The summed E-state index contributed by atoms with van der Waals surface area (Å²) in [5, 5.41) is -0.354. The second-order valence-electron chi connectivity index (χ2n) is 5.75. The van der Waals surface area contributed by atoms with Crippen LogP contribution in [0, 0.1) is 3.57 Å². The molecule has 1 saturated heterocycles. The summed E-state index contributed by atoms with van der Waals surface area (Å²) in [5.74, 6) is -0.102. The standard InChI is InChI=1S/C20H16INO6S/c1-26-15-9-12(8-14(21)18(15)28-11-17(23)27-2)10-16-19(24)22(20(25)29-16)13-6-4-3-5-7-13/h3-10H,11H2,1-2H3/b16-10-. The maximum atomic E-state index is 12.7. The summed E-state index contributed by atoms with van der Waals surface area (Å²) in [7, 11) is 2.75. The molecule has 7 nitrogen and oxygen atoms in total. The van der Waals surface area contributed by atoms with E-state index < -0.39 is 5.97 Å². The van der Waals surface area contributed by atoms with E-state index in [-0.39, 0.29) is 17.8 Å². The van der Waals surface area contributed by atoms with E-state index in [1.54, 1.807) is 42.5 Å². The third-order valence-electron chi connectivity index (χ3n) is 3.92. The molecule has 2 aromatic rings. The van der Waals surface area contributed by atoms with Crippen LogP contribution in [0.5, 0.6) is 11.5 Å². The fourth-order valence-electron chi connectivity index (χ4n) is 2.57. The lowest BCUT2D eigenvalue weighted by Gasteiger charge is -2.13. The molecule has 1 heterocycles. The molecule has 0 unspecified atom stereocenters. The monoisotopic (exact) mass is 525 g/mol. The van der Waals surface area contributed by atoms with Gasteiger partial charge in [0.25, 0.3) is 11.1 Å². The number of rotatable bonds is 6. The summed E-state index contributed by atoms with van der Waals surface area (Å²) in [5.41, 5.74) is 1.19. The van der Waals surface area contributed by atoms with E-state index in [0.717, 1.165) is 16.7 Å². The highest BCUT2D eigenvalue weighted by atomic mass is 127. The Kier molecular flexibility index (Phi) is 6.80. The second-order valence-corrected chi connectivity index (χ2v) is 7.91. The number of halogens is 1. The molecule has 150 valence electrons. The van der Waals surface area contributed by atoms with Gasteiger partial charge in [-0.15, -0.1) is 0 Å². The van der Waals surface area contributed by atoms with Crippen LogP contribution in [0.3, 0.4) is 0 Å². The van der Waals surface area contributed by atoms with Gasteiger partial charge < -0.3 is 14.2 Å². The molecule has 2 amide bonds. The minimum atomic E-state index is -0.512. The molecular formula is C20H16INO6S. The summed E-state index contributed by atoms with van der Waals surface area (Å²) < 4.78 is 16.1. The Balaban J connectivity index is 1.88. The van der Waals surface area contributed by atoms with E-state index in [4.69, 9.17) is 9.47 Å². The average Bonchev–Trinajstić information content (AvgIpc) is 3.00. The topological polar surface area (TPSA) is 82.1 Å². The molecule has 9 heteroatoms. The molecule has 0 saturated carbocycles. The lowest BCUT2D eigenvalue weighted by atomic mass is 10.1. The molecule has 0 spiro atoms. The van der Waals surface area contributed by atoms with E-state index in [1.807, 2.05) is 28.7 Å². The van der Waals surface area contributed by atoms with Crippen LogP contribution in [-0.2, 0) is 14.3 Å². The number of carbonyl (C=O) groups excluding carboxylic acids is 3. The largest absolute Gasteiger partial charge is 0.493 e. The van der Waals surface area contributed by atoms with E-state index in [2.05, 4.69) is 4.74 Å². The van der Waals surface area contributed by atoms with Crippen molar-refractivity contribution in [3.63, 3.8) is 0 Å². The summed E-state index contributed by atoms with van der Waals surface area (Å²) in [6, 6.07) is 12.2. The number of esters is 1. The maximum absolute atomic E-state index is 12.7. The normalized spacial score (nSPS) is 15.0. The predicted octanol–water partition coefficient (Wildman–Crippen LogP) is 4.09. The third kappa shape index (κ3) is 4.73. The highest BCUT2D eigenvalue weighted by Crippen LogP contribution is 2.38. The van der Waals surface area contributed by atoms with Gasteiger partial charge in [0.1, 0.15) is 0 Å². The molecule has 1 fully saturated rings. The number of hydrogen-bond donors (Lipinski definition) is 0. The Bertz CT molecular complexity index is 992. The Morgan fingerprint density at radius 3 is 2.55 bits per heavy atom. The fraction of sp³-hybridized carbons (Fsp3) is 0.150. The first kappa shape index (κ1) is 21.2. The van der Waals surface area contributed by atoms with Gasteiger partial charge in [-0.05, 0) is 70.3 Å². The van der Waals surface area contributed by atoms with Crippen LogP contribution in [0.4, 0.5) is 10.5 Å². The lowest BCUT2D eigenvalue weighted by molar-refractivity contribution is -0.142. The minimum Gasteiger partial charge on any atom is -0.493 e. The van der Waals surface area contributed by atoms with Crippen LogP contribution in [-0.4, -0.2) is 37.9 Å². The van der Waals surface area contributed by atoms with E-state index in [1.165, 1.54) is 14.2 Å². The zero-order chi connectivity index (χ0) is 21.0. The van der Waals surface area contributed by atoms with Crippen LogP contribution in [0.15, 0.2) is 47.4 Å². The van der Waals surface area contributed by atoms with Crippen molar-refractivity contribution in [1.29, 1.82) is 0 Å². The number of imide groups is 1. The Morgan fingerprint density at radius 2 is 1.90 bits per heavy atom. The Morgan fingerprint density at radius 1 is 1.17 bits per heavy atom. The van der Waals surface area contributed by atoms with Gasteiger partial charge in [-0.1, -0.05) is 18.2 Å². The minimum absolute atomic E-state index is 0.252. The van der Waals surface area contributed by atoms with Crippen molar-refractivity contribution in [3.05, 3.63) is 56.5 Å². The molecule has 0 atom stereocenters. The number of para-hydroxylation sites is 1. The molecule has 0 radical (unpaired) electrons. The molecule has 0 N–H and O–H groups in total. The number of anilines is 1. The number of thioether (sulfide) groups is 1. The van der Waals surface area contributed by atoms with Crippen molar-refractivity contribution in [2.24, 2.45) is 0 Å². The Hall–Kier alpha value is -2.53. The molecule has 29 heavy (non-hydrogen) atoms. The number of carbonyl (C=O) groups is 3. The first-order valence-electron chi connectivity index (χ1n) is 8.34. The predicted molar refractivity (Wildman–Crippen MR) is 118 cm³/mol. The van der Waals surface area contributed by atoms with Crippen LogP contribution in [0.2, 0.25) is 0 Å². The average molecular weight is 525 g/mol. The number of nitrogens with zero attached hydrogens (tertiary/aromatic N) is 1. The number of ether oxygens (including phenoxy) is 3. The lowest BCUT2D eigenvalue weighted by Crippen LogP contribution is -2.27. The SMILES string of the molecule is COC(=O)COc1c(I)cc(/C=C2\SC(=O)N(c3ccccc3)C2=O)cc1OC. The third-order valence-corrected chi connectivity index (χ3v) is 5.59. The summed E-state index contributed by atoms with van der Waals surface area (Å²) in [4.78, 5) is 37.9. The van der Waals surface area contributed by atoms with Gasteiger partial charge in [-0.3, -0.25) is 9.59 Å². The highest BCUT2D eigenvalue weighted by Gasteiger charge is 2.36. The van der Waals surface area contributed by atoms with E-state index in [9.17, 15) is 14.4 Å². The van der Waals surface area contributed by atoms with Gasteiger partial charge in [-0.2, -0.15) is 0 Å². The van der Waals surface area contributed by atoms with Crippen molar-refractivity contribution >= 4 is 63.2 Å². The first-order valence-corrected chi connectivity index (χ1v) is 10.2. The van der Waals surface area contributed by atoms with Crippen molar-refractivity contribution in [2.45, 2.75) is 0 Å². The van der Waals surface area contributed by atoms with Crippen LogP contribution < -0.4 is 14.4 Å². The molecule has 1 aliphatic heterocycles. The van der Waals surface area contributed by atoms with Crippen molar-refractivity contribution < 1.29 is 28.6 Å². The fourth-order valence-corrected chi connectivity index (χ4v) is 4.19. The van der Waals surface area contributed by atoms with Gasteiger partial charge >= 0.3 is 5.97 Å². The van der Waals surface area contributed by atoms with Gasteiger partial charge in [0.2, 0.25) is 0 Å². The zero-order valence-electron chi connectivity index (χ0n) is 15.5. The molecular weight excluding hydrogens is 509 g/mol. The van der Waals surface area contributed by atoms with E-state index >= 15 is 0 Å². The molecule has 3 rings (SSSR count). The van der Waals surface area contributed by atoms with Crippen LogP contribution in [0.25, 0.3) is 6.08 Å². The maximum Gasteiger partial charge on any atom is 0.343 e. The molecule has 0 aliphatic carbocycles. The highest BCUT2D eigenvalue weighted by molar-refractivity contribution is 14.1. The van der Waals surface area contributed by atoms with Gasteiger partial charge in [0, 0.05) is 0 Å². The number of methoxy groups -OCH3 is 2. The second kappa shape index (κ2) is 9.31. The van der Waals surface area contributed by atoms with Crippen molar-refractivity contribution in [1.82, 2.24) is 0 Å². The molecule has 0 aromatic heterocycles. The van der Waals surface area contributed by atoms with Gasteiger partial charge in [-0.25, -0.2) is 9.69 Å². The molecule has 0 bridgehead atoms. The molecule has 2 aromatic carbocycles. The van der Waals surface area contributed by atoms with Crippen molar-refractivity contribution in [2.75, 3.05) is 25.7 Å². The quantitative estimate of drug-likeness (QED) is 0.319. The van der Waals surface area contributed by atoms with E-state index in [0.29, 0.717) is 31.2 Å². The van der Waals surface area contributed by atoms with Gasteiger partial charge in [0.05, 0.1) is 28.4 Å². The van der Waals surface area contributed by atoms with Gasteiger partial charge in [0.15, 0.2) is 18.1 Å². The Labute approximate surface area is 185 Å². The van der Waals surface area contributed by atoms with Crippen LogP contribution >= 0.6 is 34.4 Å². The number of benzene rings is 2. The smallest absolute Gasteiger partial charge is 0.343 e. The summed E-state index contributed by atoms with van der Waals surface area (Å²) >= 11 is 2.92. The van der Waals surface area contributed by atoms with Crippen molar-refractivity contribution in [3.8, 4) is 11.5 Å². The summed E-state index contributed by atoms with van der Waals surface area (Å²) in [6.45, 7) is -0.252. The summed E-state index contributed by atoms with van der Waals surface area (Å²) in [6.07, 6.45) is 1.63. The number of hydrogen-bond acceptors (Lipinski definition) is 7. The van der Waals surface area contributed by atoms with Crippen LogP contribution in [0.1, 0.15) is 5.56 Å². The number of amides is 2. The molecule has 1 aliphatic rings. The first-order chi connectivity index (χ1) is 13.9. The zero-order valence-corrected chi connectivity index (χ0v) is 18.5.